The summed E-state index contributed by atoms with van der Waals surface area (Å²) in [6.07, 6.45) is 8.11. The van der Waals surface area contributed by atoms with E-state index in [4.69, 9.17) is 4.74 Å². The van der Waals surface area contributed by atoms with Crippen LogP contribution >= 0.6 is 0 Å². The van der Waals surface area contributed by atoms with Gasteiger partial charge in [0, 0.05) is 6.42 Å². The number of carboxylic acids is 1. The van der Waals surface area contributed by atoms with E-state index in [0.29, 0.717) is 0 Å². The van der Waals surface area contributed by atoms with Crippen molar-refractivity contribution in [3.63, 3.8) is 0 Å². The molecule has 0 radical (unpaired) electrons. The van der Waals surface area contributed by atoms with E-state index in [1.807, 2.05) is 0 Å². The number of aliphatic carboxylic acids is 1. The summed E-state index contributed by atoms with van der Waals surface area (Å²) in [6, 6.07) is 0. The van der Waals surface area contributed by atoms with Crippen LogP contribution in [0.5, 0.6) is 0 Å². The molecule has 0 amide bonds. The maximum absolute atomic E-state index is 11.6. The van der Waals surface area contributed by atoms with Crippen molar-refractivity contribution in [1.29, 1.82) is 0 Å². The average Bonchev–Trinajstić information content (AvgIpc) is 2.52. The summed E-state index contributed by atoms with van der Waals surface area (Å²) in [5.41, 5.74) is 0. The van der Waals surface area contributed by atoms with E-state index in [-0.39, 0.29) is 36.0 Å². The molecular weight excluding hydrogens is 335 g/mol. The fraction of sp³-hybridized carbons (Fsp3) is 0.833. The molecule has 140 valence electrons. The quantitative estimate of drug-likeness (QED) is 0.234. The molecule has 2 atom stereocenters. The van der Waals surface area contributed by atoms with Gasteiger partial charge in [-0.1, -0.05) is 58.3 Å². The van der Waals surface area contributed by atoms with Crippen LogP contribution in [0, 0.1) is 0 Å². The first kappa shape index (κ1) is 26.6. The Morgan fingerprint density at radius 3 is 1.76 bits per heavy atom. The van der Waals surface area contributed by atoms with Crippen molar-refractivity contribution >= 4 is 17.9 Å². The van der Waals surface area contributed by atoms with Crippen LogP contribution in [0.4, 0.5) is 0 Å². The first-order valence-corrected chi connectivity index (χ1v) is 8.99. The van der Waals surface area contributed by atoms with Gasteiger partial charge in [0.05, 0.1) is 5.97 Å². The van der Waals surface area contributed by atoms with Gasteiger partial charge in [0.2, 0.25) is 0 Å². The van der Waals surface area contributed by atoms with Crippen LogP contribution in [0.15, 0.2) is 0 Å². The number of esters is 2. The predicted octanol–water partition coefficient (Wildman–Crippen LogP) is -0.475. The maximum Gasteiger partial charge on any atom is 1.00 e. The van der Waals surface area contributed by atoms with E-state index in [9.17, 15) is 19.5 Å². The number of rotatable bonds is 14. The maximum atomic E-state index is 11.6. The van der Waals surface area contributed by atoms with Crippen LogP contribution in [0.25, 0.3) is 0 Å². The third-order valence-electron chi connectivity index (χ3n) is 3.75. The van der Waals surface area contributed by atoms with Crippen molar-refractivity contribution < 1.29 is 58.5 Å². The number of carboxylic acid groups (broad SMARTS) is 1. The number of hydrogen-bond donors (Lipinski definition) is 0. The first-order valence-electron chi connectivity index (χ1n) is 8.99. The molecule has 0 aliphatic carbocycles. The molecule has 0 fully saturated rings. The number of carbonyl (C=O) groups is 3. The summed E-state index contributed by atoms with van der Waals surface area (Å²) in [5.74, 6) is -2.84. The Hall–Kier alpha value is -0.590. The Bertz CT molecular complexity index is 386. The van der Waals surface area contributed by atoms with E-state index in [2.05, 4.69) is 11.7 Å². The van der Waals surface area contributed by atoms with Crippen molar-refractivity contribution in [3.8, 4) is 0 Å². The van der Waals surface area contributed by atoms with E-state index in [0.717, 1.165) is 19.3 Å². The Labute approximate surface area is 173 Å². The normalized spacial score (nSPS) is 12.6. The van der Waals surface area contributed by atoms with Gasteiger partial charge in [-0.3, -0.25) is 4.79 Å². The molecule has 0 aliphatic heterocycles. The average molecular weight is 366 g/mol. The zero-order chi connectivity index (χ0) is 18.4. The van der Waals surface area contributed by atoms with Gasteiger partial charge < -0.3 is 19.4 Å². The molecule has 25 heavy (non-hydrogen) atoms. The molecule has 0 saturated heterocycles. The van der Waals surface area contributed by atoms with E-state index in [1.165, 1.54) is 52.4 Å². The summed E-state index contributed by atoms with van der Waals surface area (Å²) in [6.45, 7) is 4.74. The number of carbonyl (C=O) groups excluding carboxylic acids is 3. The van der Waals surface area contributed by atoms with Gasteiger partial charge in [0.1, 0.15) is 6.10 Å². The van der Waals surface area contributed by atoms with Gasteiger partial charge in [0.15, 0.2) is 6.10 Å². The molecule has 0 aromatic carbocycles. The molecule has 0 N–H and O–H groups in total. The minimum Gasteiger partial charge on any atom is -0.546 e. The van der Waals surface area contributed by atoms with E-state index in [1.54, 1.807) is 0 Å². The molecule has 6 nitrogen and oxygen atoms in total. The van der Waals surface area contributed by atoms with Gasteiger partial charge >= 0.3 is 41.5 Å². The van der Waals surface area contributed by atoms with Crippen LogP contribution in [0.2, 0.25) is 0 Å². The van der Waals surface area contributed by atoms with Crippen LogP contribution in [-0.4, -0.2) is 30.1 Å². The zero-order valence-corrected chi connectivity index (χ0v) is 18.2. The zero-order valence-electron chi connectivity index (χ0n) is 16.2. The molecule has 0 heterocycles. The summed E-state index contributed by atoms with van der Waals surface area (Å²) in [7, 11) is 0. The monoisotopic (exact) mass is 366 g/mol. The van der Waals surface area contributed by atoms with Crippen LogP contribution in [0.3, 0.4) is 0 Å². The number of ether oxygens (including phenoxy) is 2. The minimum absolute atomic E-state index is 0. The molecule has 7 heteroatoms. The van der Waals surface area contributed by atoms with E-state index < -0.39 is 30.1 Å². The third-order valence-corrected chi connectivity index (χ3v) is 3.75. The topological polar surface area (TPSA) is 92.7 Å². The van der Waals surface area contributed by atoms with Crippen molar-refractivity contribution in [3.05, 3.63) is 0 Å². The number of hydrogen-bond acceptors (Lipinski definition) is 6. The Kier molecular flexibility index (Phi) is 18.0. The molecular formula is C18H31NaO6. The van der Waals surface area contributed by atoms with Crippen LogP contribution in [-0.2, 0) is 23.9 Å². The predicted molar refractivity (Wildman–Crippen MR) is 88.0 cm³/mol. The van der Waals surface area contributed by atoms with Crippen molar-refractivity contribution in [1.82, 2.24) is 0 Å². The van der Waals surface area contributed by atoms with Crippen molar-refractivity contribution in [2.24, 2.45) is 0 Å². The second kappa shape index (κ2) is 16.9. The van der Waals surface area contributed by atoms with Crippen molar-refractivity contribution in [2.45, 2.75) is 97.2 Å². The summed E-state index contributed by atoms with van der Waals surface area (Å²) in [5, 5.41) is 10.5. The third kappa shape index (κ3) is 15.4. The molecule has 0 bridgehead atoms. The fourth-order valence-electron chi connectivity index (χ4n) is 2.20. The van der Waals surface area contributed by atoms with Crippen LogP contribution in [0.1, 0.15) is 85.0 Å². The van der Waals surface area contributed by atoms with Gasteiger partial charge in [-0.2, -0.15) is 0 Å². The van der Waals surface area contributed by atoms with E-state index >= 15 is 0 Å². The fourth-order valence-corrected chi connectivity index (χ4v) is 2.20. The van der Waals surface area contributed by atoms with Crippen LogP contribution < -0.4 is 34.7 Å². The second-order valence-electron chi connectivity index (χ2n) is 6.11. The standard InChI is InChI=1S/C18H32O6.Na/c1-4-5-6-7-8-9-10-11-12-13-16(19)23-15(3)18(22)24-14(2)17(20)21;/h14-15H,4-13H2,1-3H3,(H,20,21);/q;+1/p-1. The largest absolute Gasteiger partial charge is 1.00 e. The Balaban J connectivity index is 0. The SMILES string of the molecule is CCCCCCCCCCCC(=O)OC(C)C(=O)OC(C)C(=O)[O-].[Na+]. The van der Waals surface area contributed by atoms with Gasteiger partial charge in [-0.05, 0) is 20.3 Å². The summed E-state index contributed by atoms with van der Waals surface area (Å²) >= 11 is 0. The summed E-state index contributed by atoms with van der Waals surface area (Å²) in [4.78, 5) is 33.6. The number of unbranched alkanes of at least 4 members (excludes halogenated alkanes) is 8. The minimum atomic E-state index is -1.49. The van der Waals surface area contributed by atoms with Crippen molar-refractivity contribution in [2.75, 3.05) is 0 Å². The molecule has 0 rings (SSSR count). The van der Waals surface area contributed by atoms with Gasteiger partial charge in [-0.25, -0.2) is 4.79 Å². The summed E-state index contributed by atoms with van der Waals surface area (Å²) < 4.78 is 9.53. The molecule has 0 aliphatic rings. The second-order valence-corrected chi connectivity index (χ2v) is 6.11. The molecule has 0 aromatic heterocycles. The Morgan fingerprint density at radius 1 is 0.800 bits per heavy atom. The first-order chi connectivity index (χ1) is 11.4. The molecule has 2 unspecified atom stereocenters. The molecule has 0 saturated carbocycles. The smallest absolute Gasteiger partial charge is 0.546 e. The molecule has 0 spiro atoms. The molecule has 0 aromatic rings. The van der Waals surface area contributed by atoms with Gasteiger partial charge in [0.25, 0.3) is 0 Å². The van der Waals surface area contributed by atoms with Gasteiger partial charge in [-0.15, -0.1) is 0 Å². The Morgan fingerprint density at radius 2 is 1.28 bits per heavy atom.